The molecule has 0 radical (unpaired) electrons. The summed E-state index contributed by atoms with van der Waals surface area (Å²) < 4.78 is 0. The molecule has 0 amide bonds. The average Bonchev–Trinajstić information content (AvgIpc) is 2.14. The minimum absolute atomic E-state index is 0.238. The Morgan fingerprint density at radius 1 is 1.31 bits per heavy atom. The highest BCUT2D eigenvalue weighted by atomic mass is 15.2. The van der Waals surface area contributed by atoms with Gasteiger partial charge in [0, 0.05) is 12.1 Å². The largest absolute Gasteiger partial charge is 0.367 e. The molecule has 0 aromatic carbocycles. The van der Waals surface area contributed by atoms with Crippen LogP contribution in [0.5, 0.6) is 0 Å². The minimum atomic E-state index is -0.238. The molecule has 0 unspecified atom stereocenters. The number of hydrogen-bond donors (Lipinski definition) is 2. The zero-order valence-electron chi connectivity index (χ0n) is 10.6. The Bertz CT molecular complexity index is 311. The van der Waals surface area contributed by atoms with Gasteiger partial charge in [-0.05, 0) is 38.3 Å². The van der Waals surface area contributed by atoms with E-state index in [1.54, 1.807) is 0 Å². The van der Waals surface area contributed by atoms with Crippen LogP contribution in [-0.2, 0) is 6.42 Å². The highest BCUT2D eigenvalue weighted by Gasteiger charge is 2.10. The summed E-state index contributed by atoms with van der Waals surface area (Å²) in [6, 6.07) is 3.97. The van der Waals surface area contributed by atoms with E-state index in [4.69, 9.17) is 5.73 Å². The van der Waals surface area contributed by atoms with Crippen molar-refractivity contribution < 1.29 is 0 Å². The maximum Gasteiger partial charge on any atom is 0.148 e. The van der Waals surface area contributed by atoms with Gasteiger partial charge in [0.1, 0.15) is 5.82 Å². The molecule has 1 aromatic heterocycles. The molecule has 0 fully saturated rings. The van der Waals surface area contributed by atoms with Crippen molar-refractivity contribution >= 4 is 5.82 Å². The molecule has 0 aliphatic rings. The van der Waals surface area contributed by atoms with Crippen molar-refractivity contribution in [1.82, 2.24) is 10.2 Å². The molecule has 1 aromatic rings. The number of nitrogens with zero attached hydrogens (tertiary/aromatic N) is 2. The van der Waals surface area contributed by atoms with E-state index in [1.807, 2.05) is 26.0 Å². The van der Waals surface area contributed by atoms with Gasteiger partial charge in [0.15, 0.2) is 0 Å². The van der Waals surface area contributed by atoms with Gasteiger partial charge < -0.3 is 11.1 Å². The molecule has 0 bridgehead atoms. The van der Waals surface area contributed by atoms with Crippen molar-refractivity contribution in [3.8, 4) is 0 Å². The van der Waals surface area contributed by atoms with Crippen LogP contribution in [0.4, 0.5) is 5.82 Å². The third kappa shape index (κ3) is 5.07. The van der Waals surface area contributed by atoms with Crippen molar-refractivity contribution in [2.75, 3.05) is 11.9 Å². The van der Waals surface area contributed by atoms with Crippen LogP contribution in [0.25, 0.3) is 0 Å². The average molecular weight is 222 g/mol. The summed E-state index contributed by atoms with van der Waals surface area (Å²) in [7, 11) is 0. The molecule has 0 atom stereocenters. The highest BCUT2D eigenvalue weighted by Crippen LogP contribution is 2.08. The van der Waals surface area contributed by atoms with E-state index >= 15 is 0 Å². The third-order valence-corrected chi connectivity index (χ3v) is 2.06. The monoisotopic (exact) mass is 222 g/mol. The Balaban J connectivity index is 2.51. The molecule has 4 nitrogen and oxygen atoms in total. The first-order valence-electron chi connectivity index (χ1n) is 5.72. The lowest BCUT2D eigenvalue weighted by Gasteiger charge is -2.19. The molecule has 90 valence electrons. The van der Waals surface area contributed by atoms with Gasteiger partial charge in [0.05, 0.1) is 5.69 Å². The molecule has 3 N–H and O–H groups in total. The lowest BCUT2D eigenvalue weighted by molar-refractivity contribution is 0.548. The maximum absolute atomic E-state index is 5.87. The second-order valence-electron chi connectivity index (χ2n) is 5.35. The number of rotatable bonds is 5. The van der Waals surface area contributed by atoms with Gasteiger partial charge in [-0.2, -0.15) is 5.10 Å². The molecule has 0 aliphatic heterocycles. The summed E-state index contributed by atoms with van der Waals surface area (Å²) >= 11 is 0. The maximum atomic E-state index is 5.87. The predicted molar refractivity (Wildman–Crippen MR) is 67.3 cm³/mol. The predicted octanol–water partition coefficient (Wildman–Crippen LogP) is 1.82. The second-order valence-corrected chi connectivity index (χ2v) is 5.35. The van der Waals surface area contributed by atoms with E-state index in [1.165, 1.54) is 0 Å². The fourth-order valence-electron chi connectivity index (χ4n) is 1.30. The molecule has 0 aliphatic carbocycles. The summed E-state index contributed by atoms with van der Waals surface area (Å²) in [5, 5.41) is 11.5. The Hall–Kier alpha value is -1.16. The van der Waals surface area contributed by atoms with Gasteiger partial charge in [0.2, 0.25) is 0 Å². The van der Waals surface area contributed by atoms with Crippen LogP contribution >= 0.6 is 0 Å². The Labute approximate surface area is 97.6 Å². The van der Waals surface area contributed by atoms with Crippen LogP contribution in [0.1, 0.15) is 33.4 Å². The van der Waals surface area contributed by atoms with Crippen LogP contribution in [0.2, 0.25) is 0 Å². The quantitative estimate of drug-likeness (QED) is 0.797. The SMILES string of the molecule is CC(C)Cc1ccc(NCC(C)(C)N)nn1. The lowest BCUT2D eigenvalue weighted by Crippen LogP contribution is -2.39. The molecule has 0 saturated carbocycles. The lowest BCUT2D eigenvalue weighted by atomic mass is 10.1. The van der Waals surface area contributed by atoms with Gasteiger partial charge in [-0.15, -0.1) is 5.10 Å². The molecule has 1 rings (SSSR count). The first-order chi connectivity index (χ1) is 7.37. The third-order valence-electron chi connectivity index (χ3n) is 2.06. The normalized spacial score (nSPS) is 11.9. The van der Waals surface area contributed by atoms with Crippen molar-refractivity contribution in [2.24, 2.45) is 11.7 Å². The van der Waals surface area contributed by atoms with Crippen molar-refractivity contribution in [2.45, 2.75) is 39.7 Å². The fraction of sp³-hybridized carbons (Fsp3) is 0.667. The number of anilines is 1. The Morgan fingerprint density at radius 3 is 2.44 bits per heavy atom. The molecule has 0 spiro atoms. The smallest absolute Gasteiger partial charge is 0.148 e. The molecule has 0 saturated heterocycles. The van der Waals surface area contributed by atoms with E-state index in [2.05, 4.69) is 29.4 Å². The van der Waals surface area contributed by atoms with E-state index in [0.717, 1.165) is 17.9 Å². The molecule has 16 heavy (non-hydrogen) atoms. The van der Waals surface area contributed by atoms with Crippen LogP contribution < -0.4 is 11.1 Å². The zero-order chi connectivity index (χ0) is 12.2. The van der Waals surface area contributed by atoms with Gasteiger partial charge >= 0.3 is 0 Å². The van der Waals surface area contributed by atoms with E-state index < -0.39 is 0 Å². The number of nitrogens with two attached hydrogens (primary N) is 1. The summed E-state index contributed by atoms with van der Waals surface area (Å²) in [4.78, 5) is 0. The number of aromatic nitrogens is 2. The first kappa shape index (κ1) is 12.9. The van der Waals surface area contributed by atoms with Crippen molar-refractivity contribution in [1.29, 1.82) is 0 Å². The van der Waals surface area contributed by atoms with E-state index in [-0.39, 0.29) is 5.54 Å². The molecule has 4 heteroatoms. The van der Waals surface area contributed by atoms with Crippen LogP contribution in [-0.4, -0.2) is 22.3 Å². The van der Waals surface area contributed by atoms with Crippen molar-refractivity contribution in [3.63, 3.8) is 0 Å². The first-order valence-corrected chi connectivity index (χ1v) is 5.72. The Morgan fingerprint density at radius 2 is 2.00 bits per heavy atom. The van der Waals surface area contributed by atoms with Gasteiger partial charge in [-0.3, -0.25) is 0 Å². The number of nitrogens with one attached hydrogen (secondary N) is 1. The van der Waals surface area contributed by atoms with Crippen LogP contribution in [0.15, 0.2) is 12.1 Å². The second kappa shape index (κ2) is 5.25. The Kier molecular flexibility index (Phi) is 4.24. The van der Waals surface area contributed by atoms with Crippen LogP contribution in [0, 0.1) is 5.92 Å². The standard InChI is InChI=1S/C12H22N4/c1-9(2)7-10-5-6-11(16-15-10)14-8-12(3,4)13/h5-6,9H,7-8,13H2,1-4H3,(H,14,16). The van der Waals surface area contributed by atoms with Gasteiger partial charge in [-0.25, -0.2) is 0 Å². The number of hydrogen-bond acceptors (Lipinski definition) is 4. The molecular weight excluding hydrogens is 200 g/mol. The van der Waals surface area contributed by atoms with E-state index in [0.29, 0.717) is 12.5 Å². The van der Waals surface area contributed by atoms with Gasteiger partial charge in [-0.1, -0.05) is 13.8 Å². The fourth-order valence-corrected chi connectivity index (χ4v) is 1.30. The minimum Gasteiger partial charge on any atom is -0.367 e. The summed E-state index contributed by atoms with van der Waals surface area (Å²) in [5.74, 6) is 1.39. The molecular formula is C12H22N4. The zero-order valence-corrected chi connectivity index (χ0v) is 10.6. The summed E-state index contributed by atoms with van der Waals surface area (Å²) in [6.45, 7) is 8.97. The van der Waals surface area contributed by atoms with Crippen molar-refractivity contribution in [3.05, 3.63) is 17.8 Å². The van der Waals surface area contributed by atoms with Gasteiger partial charge in [0.25, 0.3) is 0 Å². The van der Waals surface area contributed by atoms with E-state index in [9.17, 15) is 0 Å². The van der Waals surface area contributed by atoms with Crippen LogP contribution in [0.3, 0.4) is 0 Å². The topological polar surface area (TPSA) is 63.8 Å². The molecule has 1 heterocycles. The highest BCUT2D eigenvalue weighted by molar-refractivity contribution is 5.33. The summed E-state index contributed by atoms with van der Waals surface area (Å²) in [5.41, 5.74) is 6.67. The summed E-state index contributed by atoms with van der Waals surface area (Å²) in [6.07, 6.45) is 0.968.